The van der Waals surface area contributed by atoms with Gasteiger partial charge in [0.15, 0.2) is 0 Å². The maximum Gasteiger partial charge on any atom is 0.240 e. The molecule has 0 aromatic heterocycles. The van der Waals surface area contributed by atoms with E-state index in [1.165, 1.54) is 6.42 Å². The minimum absolute atomic E-state index is 0.0611. The first-order chi connectivity index (χ1) is 8.10. The first-order valence-corrected chi connectivity index (χ1v) is 6.79. The van der Waals surface area contributed by atoms with Gasteiger partial charge < -0.3 is 15.7 Å². The summed E-state index contributed by atoms with van der Waals surface area (Å²) in [5.41, 5.74) is -0.789. The molecule has 0 spiro atoms. The zero-order valence-corrected chi connectivity index (χ0v) is 10.7. The molecule has 0 aromatic rings. The van der Waals surface area contributed by atoms with Gasteiger partial charge in [-0.25, -0.2) is 0 Å². The number of carbonyl (C=O) groups excluding carboxylic acids is 1. The Bertz CT molecular complexity index is 279. The molecule has 2 rings (SSSR count). The van der Waals surface area contributed by atoms with E-state index in [2.05, 4.69) is 10.6 Å². The third kappa shape index (κ3) is 2.63. The van der Waals surface area contributed by atoms with Crippen molar-refractivity contribution in [3.8, 4) is 0 Å². The topological polar surface area (TPSA) is 61.4 Å². The number of rotatable bonds is 3. The molecule has 1 aliphatic carbocycles. The molecule has 4 heteroatoms. The number of nitrogens with one attached hydrogen (secondary N) is 2. The summed E-state index contributed by atoms with van der Waals surface area (Å²) >= 11 is 0. The molecule has 0 radical (unpaired) electrons. The first kappa shape index (κ1) is 12.8. The van der Waals surface area contributed by atoms with E-state index in [1.807, 2.05) is 6.92 Å². The Hall–Kier alpha value is -0.610. The molecule has 2 fully saturated rings. The molecule has 1 saturated carbocycles. The van der Waals surface area contributed by atoms with Gasteiger partial charge in [-0.3, -0.25) is 4.79 Å². The van der Waals surface area contributed by atoms with Crippen LogP contribution in [0.2, 0.25) is 0 Å². The predicted octanol–water partition coefficient (Wildman–Crippen LogP) is 0.940. The normalized spacial score (nSPS) is 32.4. The molecule has 98 valence electrons. The summed E-state index contributed by atoms with van der Waals surface area (Å²) < 4.78 is 0. The van der Waals surface area contributed by atoms with Gasteiger partial charge in [0, 0.05) is 0 Å². The molecule has 3 N–H and O–H groups in total. The van der Waals surface area contributed by atoms with Gasteiger partial charge in [0.2, 0.25) is 5.91 Å². The summed E-state index contributed by atoms with van der Waals surface area (Å²) in [4.78, 5) is 12.3. The Morgan fingerprint density at radius 1 is 1.24 bits per heavy atom. The molecule has 1 saturated heterocycles. The molecule has 1 heterocycles. The molecule has 0 aromatic carbocycles. The highest BCUT2D eigenvalue weighted by molar-refractivity contribution is 5.86. The average molecular weight is 240 g/mol. The molecule has 1 unspecified atom stereocenters. The van der Waals surface area contributed by atoms with Gasteiger partial charge in [-0.1, -0.05) is 19.3 Å². The predicted molar refractivity (Wildman–Crippen MR) is 66.7 cm³/mol. The monoisotopic (exact) mass is 240 g/mol. The molecular formula is C13H24N2O2. The van der Waals surface area contributed by atoms with Crippen molar-refractivity contribution in [3.63, 3.8) is 0 Å². The van der Waals surface area contributed by atoms with Crippen LogP contribution in [0.5, 0.6) is 0 Å². The number of hydrogen-bond acceptors (Lipinski definition) is 3. The third-order valence-corrected chi connectivity index (χ3v) is 4.36. The maximum absolute atomic E-state index is 12.3. The van der Waals surface area contributed by atoms with E-state index in [-0.39, 0.29) is 18.1 Å². The van der Waals surface area contributed by atoms with E-state index >= 15 is 0 Å². The summed E-state index contributed by atoms with van der Waals surface area (Å²) in [6.45, 7) is 2.94. The van der Waals surface area contributed by atoms with Crippen molar-refractivity contribution in [3.05, 3.63) is 0 Å². The molecule has 1 amide bonds. The van der Waals surface area contributed by atoms with Gasteiger partial charge >= 0.3 is 0 Å². The average Bonchev–Trinajstić information content (AvgIpc) is 2.79. The largest absolute Gasteiger partial charge is 0.394 e. The van der Waals surface area contributed by atoms with Gasteiger partial charge in [0.05, 0.1) is 17.7 Å². The minimum atomic E-state index is -0.431. The van der Waals surface area contributed by atoms with Crippen molar-refractivity contribution in [2.75, 3.05) is 13.2 Å². The van der Waals surface area contributed by atoms with E-state index < -0.39 is 5.54 Å². The van der Waals surface area contributed by atoms with Crippen molar-refractivity contribution in [1.29, 1.82) is 0 Å². The lowest BCUT2D eigenvalue weighted by molar-refractivity contribution is -0.129. The quantitative estimate of drug-likeness (QED) is 0.688. The molecule has 17 heavy (non-hydrogen) atoms. The second-order valence-corrected chi connectivity index (χ2v) is 5.82. The van der Waals surface area contributed by atoms with Crippen LogP contribution >= 0.6 is 0 Å². The number of amides is 1. The molecule has 4 nitrogen and oxygen atoms in total. The number of aliphatic hydroxyl groups is 1. The van der Waals surface area contributed by atoms with Crippen LogP contribution in [-0.4, -0.2) is 35.2 Å². The number of hydrogen-bond donors (Lipinski definition) is 3. The van der Waals surface area contributed by atoms with E-state index in [4.69, 9.17) is 0 Å². The van der Waals surface area contributed by atoms with Gasteiger partial charge in [-0.05, 0) is 39.2 Å². The van der Waals surface area contributed by atoms with Crippen LogP contribution in [0.25, 0.3) is 0 Å². The summed E-state index contributed by atoms with van der Waals surface area (Å²) in [5, 5.41) is 16.0. The standard InChI is InChI=1S/C13H24N2O2/c1-12(6-5-9-14-12)11(17)15-13(10-16)7-3-2-4-8-13/h14,16H,2-10H2,1H3,(H,15,17). The lowest BCUT2D eigenvalue weighted by Crippen LogP contribution is -2.60. The van der Waals surface area contributed by atoms with Gasteiger partial charge in [-0.15, -0.1) is 0 Å². The highest BCUT2D eigenvalue weighted by Gasteiger charge is 2.41. The fourth-order valence-electron chi connectivity index (χ4n) is 3.02. The van der Waals surface area contributed by atoms with Crippen LogP contribution in [-0.2, 0) is 4.79 Å². The van der Waals surface area contributed by atoms with Crippen LogP contribution in [0.1, 0.15) is 51.9 Å². The van der Waals surface area contributed by atoms with Gasteiger partial charge in [-0.2, -0.15) is 0 Å². The van der Waals surface area contributed by atoms with E-state index in [0.29, 0.717) is 0 Å². The first-order valence-electron chi connectivity index (χ1n) is 6.79. The lowest BCUT2D eigenvalue weighted by atomic mass is 9.81. The minimum Gasteiger partial charge on any atom is -0.394 e. The van der Waals surface area contributed by atoms with Gasteiger partial charge in [0.1, 0.15) is 0 Å². The zero-order chi connectivity index (χ0) is 12.4. The second-order valence-electron chi connectivity index (χ2n) is 5.82. The number of aliphatic hydroxyl groups excluding tert-OH is 1. The van der Waals surface area contributed by atoms with Gasteiger partial charge in [0.25, 0.3) is 0 Å². The van der Waals surface area contributed by atoms with Crippen molar-refractivity contribution in [2.24, 2.45) is 0 Å². The summed E-state index contributed by atoms with van der Waals surface area (Å²) in [5.74, 6) is 0.0611. The van der Waals surface area contributed by atoms with Crippen molar-refractivity contribution < 1.29 is 9.90 Å². The zero-order valence-electron chi connectivity index (χ0n) is 10.7. The fraction of sp³-hybridized carbons (Fsp3) is 0.923. The molecular weight excluding hydrogens is 216 g/mol. The van der Waals surface area contributed by atoms with Crippen molar-refractivity contribution in [1.82, 2.24) is 10.6 Å². The lowest BCUT2D eigenvalue weighted by Gasteiger charge is -2.39. The Morgan fingerprint density at radius 3 is 2.47 bits per heavy atom. The smallest absolute Gasteiger partial charge is 0.240 e. The Kier molecular flexibility index (Phi) is 3.73. The van der Waals surface area contributed by atoms with Crippen LogP contribution in [0, 0.1) is 0 Å². The van der Waals surface area contributed by atoms with E-state index in [0.717, 1.165) is 45.1 Å². The van der Waals surface area contributed by atoms with Crippen LogP contribution in [0.15, 0.2) is 0 Å². The Labute approximate surface area is 103 Å². The second kappa shape index (κ2) is 4.94. The van der Waals surface area contributed by atoms with Crippen LogP contribution < -0.4 is 10.6 Å². The fourth-order valence-corrected chi connectivity index (χ4v) is 3.02. The molecule has 2 aliphatic rings. The van der Waals surface area contributed by atoms with Crippen LogP contribution in [0.4, 0.5) is 0 Å². The van der Waals surface area contributed by atoms with Crippen molar-refractivity contribution in [2.45, 2.75) is 62.9 Å². The summed E-state index contributed by atoms with van der Waals surface area (Å²) in [7, 11) is 0. The van der Waals surface area contributed by atoms with Crippen molar-refractivity contribution >= 4 is 5.91 Å². The van der Waals surface area contributed by atoms with Crippen LogP contribution in [0.3, 0.4) is 0 Å². The summed E-state index contributed by atoms with van der Waals surface area (Å²) in [6, 6.07) is 0. The Balaban J connectivity index is 2.00. The van der Waals surface area contributed by atoms with E-state index in [9.17, 15) is 9.90 Å². The highest BCUT2D eigenvalue weighted by Crippen LogP contribution is 2.29. The molecule has 0 bridgehead atoms. The highest BCUT2D eigenvalue weighted by atomic mass is 16.3. The SMILES string of the molecule is CC1(C(=O)NC2(CO)CCCCC2)CCCN1. The maximum atomic E-state index is 12.3. The molecule has 1 aliphatic heterocycles. The Morgan fingerprint density at radius 2 is 1.94 bits per heavy atom. The number of carbonyl (C=O) groups is 1. The summed E-state index contributed by atoms with van der Waals surface area (Å²) in [6.07, 6.45) is 7.18. The third-order valence-electron chi connectivity index (χ3n) is 4.36. The molecule has 1 atom stereocenters. The van der Waals surface area contributed by atoms with E-state index in [1.54, 1.807) is 0 Å².